The number of hydrogen-bond donors (Lipinski definition) is 1. The molecule has 1 unspecified atom stereocenters. The quantitative estimate of drug-likeness (QED) is 0.262. The van der Waals surface area contributed by atoms with Crippen LogP contribution in [-0.4, -0.2) is 48.7 Å². The van der Waals surface area contributed by atoms with Crippen LogP contribution in [0.3, 0.4) is 0 Å². The van der Waals surface area contributed by atoms with Crippen molar-refractivity contribution < 1.29 is 22.9 Å². The minimum absolute atomic E-state index is 0.0383. The van der Waals surface area contributed by atoms with Crippen molar-refractivity contribution in [1.82, 2.24) is 10.2 Å². The van der Waals surface area contributed by atoms with Gasteiger partial charge in [-0.15, -0.1) is 0 Å². The standard InChI is InChI=1S/C30H34N4O6S/c1-22-10-6-7-11-24(22)20-32(23(2)30(36)31-25-12-8-9-13-25)29(35)21-33(26-16-18-27(19-17-26)34(37)38)41(39,40)28-14-4-3-5-15-28/h3-7,10-11,14-19,23,25H,8-9,12-13,20-21H2,1-2H3,(H,31,36). The first-order valence-corrected chi connectivity index (χ1v) is 15.0. The average Bonchev–Trinajstić information content (AvgIpc) is 3.48. The van der Waals surface area contributed by atoms with Crippen LogP contribution in [0.2, 0.25) is 0 Å². The van der Waals surface area contributed by atoms with Crippen LogP contribution in [0.5, 0.6) is 0 Å². The van der Waals surface area contributed by atoms with Crippen molar-refractivity contribution in [1.29, 1.82) is 0 Å². The zero-order valence-electron chi connectivity index (χ0n) is 23.1. The van der Waals surface area contributed by atoms with E-state index in [1.807, 2.05) is 31.2 Å². The Hall–Kier alpha value is -4.25. The zero-order valence-corrected chi connectivity index (χ0v) is 23.9. The van der Waals surface area contributed by atoms with E-state index in [0.29, 0.717) is 0 Å². The summed E-state index contributed by atoms with van der Waals surface area (Å²) in [6.45, 7) is 3.04. The van der Waals surface area contributed by atoms with Gasteiger partial charge in [0.15, 0.2) is 0 Å². The lowest BCUT2D eigenvalue weighted by atomic mass is 10.1. The molecule has 1 fully saturated rings. The Labute approximate surface area is 240 Å². The summed E-state index contributed by atoms with van der Waals surface area (Å²) in [5, 5.41) is 14.2. The fourth-order valence-corrected chi connectivity index (χ4v) is 6.37. The van der Waals surface area contributed by atoms with E-state index in [4.69, 9.17) is 0 Å². The number of anilines is 1. The van der Waals surface area contributed by atoms with Gasteiger partial charge in [0.1, 0.15) is 12.6 Å². The molecule has 1 atom stereocenters. The van der Waals surface area contributed by atoms with Crippen LogP contribution in [0.25, 0.3) is 0 Å². The summed E-state index contributed by atoms with van der Waals surface area (Å²) < 4.78 is 28.5. The third-order valence-corrected chi connectivity index (χ3v) is 9.22. The molecule has 0 heterocycles. The van der Waals surface area contributed by atoms with Crippen LogP contribution in [-0.2, 0) is 26.2 Å². The molecule has 216 valence electrons. The van der Waals surface area contributed by atoms with Crippen molar-refractivity contribution in [3.8, 4) is 0 Å². The van der Waals surface area contributed by atoms with Crippen molar-refractivity contribution in [2.75, 3.05) is 10.8 Å². The van der Waals surface area contributed by atoms with Crippen LogP contribution in [0.15, 0.2) is 83.8 Å². The molecular weight excluding hydrogens is 544 g/mol. The number of hydrogen-bond acceptors (Lipinski definition) is 6. The Kier molecular flexibility index (Phi) is 9.38. The molecule has 1 aliphatic rings. The molecule has 3 aromatic rings. The second kappa shape index (κ2) is 12.9. The van der Waals surface area contributed by atoms with Gasteiger partial charge in [0.05, 0.1) is 15.5 Å². The largest absolute Gasteiger partial charge is 0.352 e. The highest BCUT2D eigenvalue weighted by Crippen LogP contribution is 2.27. The number of aryl methyl sites for hydroxylation is 1. The number of benzene rings is 3. The maximum absolute atomic E-state index is 14.0. The van der Waals surface area contributed by atoms with Gasteiger partial charge < -0.3 is 10.2 Å². The van der Waals surface area contributed by atoms with Crippen LogP contribution in [0.4, 0.5) is 11.4 Å². The highest BCUT2D eigenvalue weighted by molar-refractivity contribution is 7.92. The molecule has 1 saturated carbocycles. The first kappa shape index (κ1) is 29.7. The van der Waals surface area contributed by atoms with Gasteiger partial charge in [-0.05, 0) is 62.1 Å². The van der Waals surface area contributed by atoms with E-state index in [2.05, 4.69) is 5.32 Å². The molecule has 3 aromatic carbocycles. The molecule has 4 rings (SSSR count). The SMILES string of the molecule is Cc1ccccc1CN(C(=O)CN(c1ccc([N+](=O)[O-])cc1)S(=O)(=O)c1ccccc1)C(C)C(=O)NC1CCCC1. The number of carbonyl (C=O) groups excluding carboxylic acids is 2. The van der Waals surface area contributed by atoms with Gasteiger partial charge in [0.25, 0.3) is 15.7 Å². The van der Waals surface area contributed by atoms with Crippen LogP contribution in [0.1, 0.15) is 43.7 Å². The highest BCUT2D eigenvalue weighted by atomic mass is 32.2. The van der Waals surface area contributed by atoms with Crippen molar-refractivity contribution in [3.05, 3.63) is 100 Å². The molecule has 0 saturated heterocycles. The fraction of sp³-hybridized carbons (Fsp3) is 0.333. The number of nitro benzene ring substituents is 1. The number of nitrogens with one attached hydrogen (secondary N) is 1. The van der Waals surface area contributed by atoms with Gasteiger partial charge in [0, 0.05) is 24.7 Å². The third-order valence-electron chi connectivity index (χ3n) is 7.43. The smallest absolute Gasteiger partial charge is 0.269 e. The van der Waals surface area contributed by atoms with Crippen molar-refractivity contribution >= 4 is 33.2 Å². The third kappa shape index (κ3) is 7.10. The number of rotatable bonds is 11. The summed E-state index contributed by atoms with van der Waals surface area (Å²) >= 11 is 0. The summed E-state index contributed by atoms with van der Waals surface area (Å²) in [7, 11) is -4.25. The van der Waals surface area contributed by atoms with Crippen molar-refractivity contribution in [3.63, 3.8) is 0 Å². The Balaban J connectivity index is 1.70. The van der Waals surface area contributed by atoms with E-state index in [9.17, 15) is 28.1 Å². The Morgan fingerprint density at radius 3 is 2.20 bits per heavy atom. The van der Waals surface area contributed by atoms with Gasteiger partial charge in [-0.3, -0.25) is 24.0 Å². The lowest BCUT2D eigenvalue weighted by molar-refractivity contribution is -0.384. The molecule has 0 aromatic heterocycles. The minimum atomic E-state index is -4.25. The first-order chi connectivity index (χ1) is 19.6. The van der Waals surface area contributed by atoms with Crippen LogP contribution in [0, 0.1) is 17.0 Å². The first-order valence-electron chi connectivity index (χ1n) is 13.5. The molecule has 10 nitrogen and oxygen atoms in total. The molecule has 0 bridgehead atoms. The van der Waals surface area contributed by atoms with Crippen molar-refractivity contribution in [2.45, 2.75) is 63.1 Å². The second-order valence-electron chi connectivity index (χ2n) is 10.2. The predicted molar refractivity (Wildman–Crippen MR) is 156 cm³/mol. The van der Waals surface area contributed by atoms with E-state index >= 15 is 0 Å². The predicted octanol–water partition coefficient (Wildman–Crippen LogP) is 4.57. The topological polar surface area (TPSA) is 130 Å². The average molecular weight is 579 g/mol. The molecule has 1 aliphatic carbocycles. The summed E-state index contributed by atoms with van der Waals surface area (Å²) in [5.74, 6) is -0.883. The van der Waals surface area contributed by atoms with Crippen molar-refractivity contribution in [2.24, 2.45) is 0 Å². The number of carbonyl (C=O) groups is 2. The summed E-state index contributed by atoms with van der Waals surface area (Å²) in [6.07, 6.45) is 3.83. The van der Waals surface area contributed by atoms with Crippen LogP contribution >= 0.6 is 0 Å². The molecule has 1 N–H and O–H groups in total. The van der Waals surface area contributed by atoms with Crippen LogP contribution < -0.4 is 9.62 Å². The lowest BCUT2D eigenvalue weighted by Gasteiger charge is -2.32. The molecule has 11 heteroatoms. The molecule has 41 heavy (non-hydrogen) atoms. The molecule has 2 amide bonds. The van der Waals surface area contributed by atoms with Gasteiger partial charge in [-0.2, -0.15) is 0 Å². The van der Waals surface area contributed by atoms with Gasteiger partial charge in [0.2, 0.25) is 11.8 Å². The van der Waals surface area contributed by atoms with E-state index in [1.54, 1.807) is 25.1 Å². The zero-order chi connectivity index (χ0) is 29.6. The van der Waals surface area contributed by atoms with Gasteiger partial charge in [-0.1, -0.05) is 55.3 Å². The van der Waals surface area contributed by atoms with E-state index < -0.39 is 33.4 Å². The lowest BCUT2D eigenvalue weighted by Crippen LogP contribution is -2.52. The summed E-state index contributed by atoms with van der Waals surface area (Å²) in [5.41, 5.74) is 1.63. The van der Waals surface area contributed by atoms with E-state index in [-0.39, 0.29) is 34.8 Å². The van der Waals surface area contributed by atoms with Gasteiger partial charge >= 0.3 is 0 Å². The maximum Gasteiger partial charge on any atom is 0.269 e. The van der Waals surface area contributed by atoms with E-state index in [1.165, 1.54) is 41.3 Å². The highest BCUT2D eigenvalue weighted by Gasteiger charge is 2.33. The Morgan fingerprint density at radius 2 is 1.59 bits per heavy atom. The molecule has 0 radical (unpaired) electrons. The Bertz CT molecular complexity index is 1490. The van der Waals surface area contributed by atoms with E-state index in [0.717, 1.165) is 41.1 Å². The van der Waals surface area contributed by atoms with Gasteiger partial charge in [-0.25, -0.2) is 8.42 Å². The summed E-state index contributed by atoms with van der Waals surface area (Å²) in [6, 6.07) is 19.3. The normalized spacial score (nSPS) is 14.3. The number of non-ortho nitro benzene ring substituents is 1. The minimum Gasteiger partial charge on any atom is -0.352 e. The monoisotopic (exact) mass is 578 g/mol. The molecule has 0 aliphatic heterocycles. The number of nitrogens with zero attached hydrogens (tertiary/aromatic N) is 3. The number of nitro groups is 1. The summed E-state index contributed by atoms with van der Waals surface area (Å²) in [4.78, 5) is 39.3. The number of amides is 2. The second-order valence-corrected chi connectivity index (χ2v) is 12.1. The fourth-order valence-electron chi connectivity index (χ4n) is 4.93. The molecular formula is C30H34N4O6S. The Morgan fingerprint density at radius 1 is 0.976 bits per heavy atom. The maximum atomic E-state index is 14.0. The molecule has 0 spiro atoms. The number of sulfonamides is 1.